The van der Waals surface area contributed by atoms with Crippen molar-refractivity contribution in [3.8, 4) is 17.2 Å². The van der Waals surface area contributed by atoms with E-state index in [0.29, 0.717) is 22.6 Å². The molecule has 5 aromatic rings. The highest BCUT2D eigenvalue weighted by Gasteiger charge is 2.39. The summed E-state index contributed by atoms with van der Waals surface area (Å²) in [5, 5.41) is 9.65. The van der Waals surface area contributed by atoms with Gasteiger partial charge in [-0.05, 0) is 83.9 Å². The number of benzene rings is 5. The fraction of sp³-hybridized carbons (Fsp3) is 0.0811. The number of hydrogen-bond donors (Lipinski definition) is 1. The Hall–Kier alpha value is -6.02. The number of hydrogen-bond acceptors (Lipinski definition) is 6. The topological polar surface area (TPSA) is 104 Å². The van der Waals surface area contributed by atoms with Gasteiger partial charge in [-0.3, -0.25) is 19.2 Å². The van der Waals surface area contributed by atoms with Gasteiger partial charge in [-0.1, -0.05) is 56.3 Å². The SMILES string of the molecule is CC(C)(c1ccc(O)cc1)c1ccc(Oc2ccc3c(c2)C(=O)N(c2cccc(N4C(=O)c5ccccc5C4=O)c2)C3=O)cc1. The number of anilines is 2. The molecule has 0 aromatic heterocycles. The van der Waals surface area contributed by atoms with Crippen molar-refractivity contribution in [3.05, 3.63) is 149 Å². The summed E-state index contributed by atoms with van der Waals surface area (Å²) >= 11 is 0. The van der Waals surface area contributed by atoms with Crippen LogP contribution in [0.15, 0.2) is 115 Å². The zero-order valence-electron chi connectivity index (χ0n) is 24.4. The molecule has 2 aliphatic heterocycles. The van der Waals surface area contributed by atoms with Crippen LogP contribution in [-0.2, 0) is 5.41 Å². The molecule has 0 aliphatic carbocycles. The summed E-state index contributed by atoms with van der Waals surface area (Å²) < 4.78 is 6.06. The van der Waals surface area contributed by atoms with Crippen LogP contribution < -0.4 is 14.5 Å². The molecule has 7 rings (SSSR count). The molecule has 5 aromatic carbocycles. The average molecular weight is 595 g/mol. The maximum atomic E-state index is 13.5. The van der Waals surface area contributed by atoms with Gasteiger partial charge in [0.15, 0.2) is 0 Å². The first-order chi connectivity index (χ1) is 21.6. The molecule has 0 saturated heterocycles. The Morgan fingerprint density at radius 3 is 1.53 bits per heavy atom. The first-order valence-corrected chi connectivity index (χ1v) is 14.3. The van der Waals surface area contributed by atoms with Crippen molar-refractivity contribution in [2.75, 3.05) is 9.80 Å². The van der Waals surface area contributed by atoms with Gasteiger partial charge >= 0.3 is 0 Å². The predicted octanol–water partition coefficient (Wildman–Crippen LogP) is 7.11. The van der Waals surface area contributed by atoms with Crippen molar-refractivity contribution in [3.63, 3.8) is 0 Å². The Morgan fingerprint density at radius 2 is 0.978 bits per heavy atom. The molecule has 0 fully saturated rings. The molecule has 8 nitrogen and oxygen atoms in total. The second-order valence-electron chi connectivity index (χ2n) is 11.5. The smallest absolute Gasteiger partial charge is 0.266 e. The zero-order chi connectivity index (χ0) is 31.5. The number of carbonyl (C=O) groups excluding carboxylic acids is 4. The molecule has 2 aliphatic rings. The lowest BCUT2D eigenvalue weighted by molar-refractivity contribution is 0.0912. The summed E-state index contributed by atoms with van der Waals surface area (Å²) in [5.41, 5.74) is 3.31. The Morgan fingerprint density at radius 1 is 0.511 bits per heavy atom. The summed E-state index contributed by atoms with van der Waals surface area (Å²) in [6.07, 6.45) is 0. The van der Waals surface area contributed by atoms with E-state index in [4.69, 9.17) is 4.74 Å². The van der Waals surface area contributed by atoms with Crippen LogP contribution in [-0.4, -0.2) is 28.7 Å². The number of phenolic OH excluding ortho intramolecular Hbond substituents is 1. The second kappa shape index (κ2) is 10.3. The third-order valence-corrected chi connectivity index (χ3v) is 8.40. The summed E-state index contributed by atoms with van der Waals surface area (Å²) in [7, 11) is 0. The van der Waals surface area contributed by atoms with E-state index in [1.54, 1.807) is 66.7 Å². The molecule has 1 N–H and O–H groups in total. The quantitative estimate of drug-likeness (QED) is 0.210. The van der Waals surface area contributed by atoms with Crippen LogP contribution in [0.2, 0.25) is 0 Å². The van der Waals surface area contributed by atoms with E-state index in [1.165, 1.54) is 12.1 Å². The van der Waals surface area contributed by atoms with Crippen LogP contribution in [0.5, 0.6) is 17.2 Å². The van der Waals surface area contributed by atoms with Gasteiger partial charge < -0.3 is 9.84 Å². The molecule has 2 heterocycles. The minimum Gasteiger partial charge on any atom is -0.508 e. The Kier molecular flexibility index (Phi) is 6.37. The fourth-order valence-corrected chi connectivity index (χ4v) is 5.83. The standard InChI is InChI=1S/C37H26N2O6/c1-37(2,22-10-14-26(40)15-11-22)23-12-16-27(17-13-23)45-28-18-19-31-32(21-28)36(44)39(35(31)43)25-7-5-6-24(20-25)38-33(41)29-8-3-4-9-30(29)34(38)42/h3-21,40H,1-2H3. The van der Waals surface area contributed by atoms with Crippen molar-refractivity contribution in [1.29, 1.82) is 0 Å². The third kappa shape index (κ3) is 4.55. The third-order valence-electron chi connectivity index (χ3n) is 8.40. The molecule has 45 heavy (non-hydrogen) atoms. The van der Waals surface area contributed by atoms with Crippen LogP contribution in [0.4, 0.5) is 11.4 Å². The van der Waals surface area contributed by atoms with E-state index in [9.17, 15) is 24.3 Å². The largest absolute Gasteiger partial charge is 0.508 e. The molecular weight excluding hydrogens is 568 g/mol. The first kappa shape index (κ1) is 27.8. The monoisotopic (exact) mass is 594 g/mol. The lowest BCUT2D eigenvalue weighted by Crippen LogP contribution is -2.31. The number of imide groups is 2. The summed E-state index contributed by atoms with van der Waals surface area (Å²) in [6.45, 7) is 4.19. The Balaban J connectivity index is 1.11. The molecular formula is C37H26N2O6. The Labute approximate surface area is 258 Å². The molecule has 0 spiro atoms. The van der Waals surface area contributed by atoms with Gasteiger partial charge in [0, 0.05) is 5.41 Å². The van der Waals surface area contributed by atoms with Gasteiger partial charge in [-0.15, -0.1) is 0 Å². The summed E-state index contributed by atoms with van der Waals surface area (Å²) in [4.78, 5) is 55.1. The highest BCUT2D eigenvalue weighted by atomic mass is 16.5. The van der Waals surface area contributed by atoms with Crippen LogP contribution >= 0.6 is 0 Å². The van der Waals surface area contributed by atoms with Gasteiger partial charge in [0.05, 0.1) is 33.6 Å². The van der Waals surface area contributed by atoms with E-state index in [-0.39, 0.29) is 33.7 Å². The highest BCUT2D eigenvalue weighted by Crippen LogP contribution is 2.37. The van der Waals surface area contributed by atoms with Crippen LogP contribution in [0.25, 0.3) is 0 Å². The van der Waals surface area contributed by atoms with E-state index in [2.05, 4.69) is 13.8 Å². The number of amides is 4. The van der Waals surface area contributed by atoms with Gasteiger partial charge in [0.1, 0.15) is 17.2 Å². The minimum atomic E-state index is -0.536. The normalized spacial score (nSPS) is 14.2. The molecule has 0 radical (unpaired) electrons. The van der Waals surface area contributed by atoms with E-state index < -0.39 is 23.6 Å². The first-order valence-electron chi connectivity index (χ1n) is 14.3. The summed E-state index contributed by atoms with van der Waals surface area (Å²) in [6, 6.07) is 32.3. The second-order valence-corrected chi connectivity index (χ2v) is 11.5. The van der Waals surface area contributed by atoms with Crippen molar-refractivity contribution in [2.45, 2.75) is 19.3 Å². The molecule has 0 saturated carbocycles. The molecule has 0 bridgehead atoms. The molecule has 8 heteroatoms. The average Bonchev–Trinajstić information content (AvgIpc) is 3.45. The van der Waals surface area contributed by atoms with Crippen molar-refractivity contribution >= 4 is 35.0 Å². The lowest BCUT2D eigenvalue weighted by atomic mass is 9.78. The van der Waals surface area contributed by atoms with E-state index in [0.717, 1.165) is 20.9 Å². The maximum Gasteiger partial charge on any atom is 0.266 e. The van der Waals surface area contributed by atoms with Crippen molar-refractivity contribution in [2.24, 2.45) is 0 Å². The number of phenols is 1. The van der Waals surface area contributed by atoms with Gasteiger partial charge in [0.25, 0.3) is 23.6 Å². The fourth-order valence-electron chi connectivity index (χ4n) is 5.83. The van der Waals surface area contributed by atoms with E-state index >= 15 is 0 Å². The van der Waals surface area contributed by atoms with Gasteiger partial charge in [-0.25, -0.2) is 9.80 Å². The van der Waals surface area contributed by atoms with Gasteiger partial charge in [-0.2, -0.15) is 0 Å². The van der Waals surface area contributed by atoms with E-state index in [1.807, 2.05) is 36.4 Å². The lowest BCUT2D eigenvalue weighted by Gasteiger charge is -2.26. The maximum absolute atomic E-state index is 13.5. The Bertz CT molecular complexity index is 2010. The molecule has 0 atom stereocenters. The number of aromatic hydroxyl groups is 1. The zero-order valence-corrected chi connectivity index (χ0v) is 24.4. The van der Waals surface area contributed by atoms with Crippen LogP contribution in [0.1, 0.15) is 66.4 Å². The molecule has 0 unspecified atom stereocenters. The van der Waals surface area contributed by atoms with Crippen molar-refractivity contribution < 1.29 is 29.0 Å². The van der Waals surface area contributed by atoms with Crippen molar-refractivity contribution in [1.82, 2.24) is 0 Å². The number of fused-ring (bicyclic) bond motifs is 2. The predicted molar refractivity (Wildman–Crippen MR) is 168 cm³/mol. The van der Waals surface area contributed by atoms with Gasteiger partial charge in [0.2, 0.25) is 0 Å². The minimum absolute atomic E-state index is 0.189. The highest BCUT2D eigenvalue weighted by molar-refractivity contribution is 6.36. The summed E-state index contributed by atoms with van der Waals surface area (Å²) in [5.74, 6) is -0.814. The van der Waals surface area contributed by atoms with Crippen LogP contribution in [0.3, 0.4) is 0 Å². The number of nitrogens with zero attached hydrogens (tertiary/aromatic N) is 2. The number of rotatable bonds is 6. The number of ether oxygens (including phenoxy) is 1. The van der Waals surface area contributed by atoms with Crippen LogP contribution in [0, 0.1) is 0 Å². The number of carbonyl (C=O) groups is 4. The molecule has 220 valence electrons. The molecule has 4 amide bonds.